The number of halogens is 3. The van der Waals surface area contributed by atoms with Crippen molar-refractivity contribution in [3.63, 3.8) is 0 Å². The predicted octanol–water partition coefficient (Wildman–Crippen LogP) is 6.98. The van der Waals surface area contributed by atoms with Gasteiger partial charge >= 0.3 is 0 Å². The smallest absolute Gasteiger partial charge is 0.173 e. The maximum Gasteiger partial charge on any atom is 0.173 e. The summed E-state index contributed by atoms with van der Waals surface area (Å²) in [7, 11) is 0. The summed E-state index contributed by atoms with van der Waals surface area (Å²) in [5, 5.41) is 0.681. The third kappa shape index (κ3) is 7.18. The van der Waals surface area contributed by atoms with Crippen molar-refractivity contribution in [3.8, 4) is 5.75 Å². The van der Waals surface area contributed by atoms with Crippen molar-refractivity contribution in [2.24, 2.45) is 0 Å². The molecule has 3 atom stereocenters. The summed E-state index contributed by atoms with van der Waals surface area (Å²) in [5.74, 6) is 0.860. The third-order valence-corrected chi connectivity index (χ3v) is 5.59. The second-order valence-corrected chi connectivity index (χ2v) is 7.99. The van der Waals surface area contributed by atoms with E-state index in [9.17, 15) is 0 Å². The summed E-state index contributed by atoms with van der Waals surface area (Å²) in [6, 6.07) is 17.5. The van der Waals surface area contributed by atoms with Crippen molar-refractivity contribution in [2.75, 3.05) is 13.3 Å². The third-order valence-electron chi connectivity index (χ3n) is 4.86. The minimum absolute atomic E-state index is 0. The van der Waals surface area contributed by atoms with E-state index >= 15 is 0 Å². The van der Waals surface area contributed by atoms with Crippen LogP contribution in [-0.4, -0.2) is 34.8 Å². The maximum absolute atomic E-state index is 6.89. The van der Waals surface area contributed by atoms with Gasteiger partial charge in [0.05, 0.1) is 13.3 Å². The molecule has 0 amide bonds. The van der Waals surface area contributed by atoms with Gasteiger partial charge < -0.3 is 19.3 Å². The number of hydrogen-bond acceptors (Lipinski definition) is 4. The van der Waals surface area contributed by atoms with E-state index in [1.165, 1.54) is 0 Å². The van der Waals surface area contributed by atoms with Crippen LogP contribution >= 0.6 is 40.2 Å². The molecule has 0 spiro atoms. The molecule has 0 bridgehead atoms. The van der Waals surface area contributed by atoms with E-state index < -0.39 is 5.50 Å². The lowest BCUT2D eigenvalue weighted by Crippen LogP contribution is -2.41. The molecule has 3 unspecified atom stereocenters. The predicted molar refractivity (Wildman–Crippen MR) is 134 cm³/mol. The number of nitrogens with zero attached hydrogens (tertiary/aromatic N) is 2. The molecule has 168 valence electrons. The second kappa shape index (κ2) is 13.0. The van der Waals surface area contributed by atoms with E-state index in [2.05, 4.69) is 23.3 Å². The van der Waals surface area contributed by atoms with Gasteiger partial charge in [-0.15, -0.1) is 23.6 Å². The molecule has 1 aliphatic rings. The number of alkyl halides is 1. The molecule has 0 saturated carbocycles. The van der Waals surface area contributed by atoms with Crippen LogP contribution in [0.5, 0.6) is 5.75 Å². The molecular formula is C24H29BrCl2N2O2. The van der Waals surface area contributed by atoms with Crippen LogP contribution in [0.2, 0.25) is 5.02 Å². The Kier molecular flexibility index (Phi) is 10.7. The number of ether oxygens (including phenoxy) is 2. The molecule has 31 heavy (non-hydrogen) atoms. The van der Waals surface area contributed by atoms with Crippen LogP contribution in [0.25, 0.3) is 0 Å². The molecule has 7 heteroatoms. The Hall–Kier alpha value is -1.66. The zero-order valence-electron chi connectivity index (χ0n) is 17.6. The number of benzene rings is 2. The summed E-state index contributed by atoms with van der Waals surface area (Å²) in [6.45, 7) is 6.94. The summed E-state index contributed by atoms with van der Waals surface area (Å²) in [4.78, 5) is 4.22. The first-order valence-corrected chi connectivity index (χ1v) is 11.0. The maximum atomic E-state index is 6.89. The fourth-order valence-corrected chi connectivity index (χ4v) is 3.80. The van der Waals surface area contributed by atoms with Gasteiger partial charge in [0.25, 0.3) is 0 Å². The van der Waals surface area contributed by atoms with Gasteiger partial charge in [-0.05, 0) is 29.8 Å². The average molecular weight is 528 g/mol. The Balaban J connectivity index is 0.00000341. The monoisotopic (exact) mass is 526 g/mol. The number of hydrogen-bond donors (Lipinski definition) is 0. The minimum Gasteiger partial charge on any atom is -0.471 e. The van der Waals surface area contributed by atoms with Crippen molar-refractivity contribution in [3.05, 3.63) is 90.2 Å². The van der Waals surface area contributed by atoms with Crippen LogP contribution in [0.15, 0.2) is 79.7 Å². The van der Waals surface area contributed by atoms with E-state index in [-0.39, 0.29) is 29.3 Å². The molecule has 0 aliphatic carbocycles. The highest BCUT2D eigenvalue weighted by Crippen LogP contribution is 2.31. The molecule has 0 N–H and O–H groups in total. The molecule has 1 aliphatic heterocycles. The molecular weight excluding hydrogens is 499 g/mol. The quantitative estimate of drug-likeness (QED) is 0.179. The van der Waals surface area contributed by atoms with Crippen molar-refractivity contribution in [2.45, 2.75) is 37.6 Å². The molecule has 0 saturated heterocycles. The first-order valence-electron chi connectivity index (χ1n) is 10.2. The highest BCUT2D eigenvalue weighted by atomic mass is 79.9. The lowest BCUT2D eigenvalue weighted by molar-refractivity contribution is 0.00788. The summed E-state index contributed by atoms with van der Waals surface area (Å²) < 4.78 is 12.2. The topological polar surface area (TPSA) is 24.9 Å². The zero-order valence-corrected chi connectivity index (χ0v) is 20.8. The fraction of sp³-hybridized carbons (Fsp3) is 0.333. The first-order chi connectivity index (χ1) is 14.6. The van der Waals surface area contributed by atoms with Gasteiger partial charge in [-0.2, -0.15) is 0 Å². The largest absolute Gasteiger partial charge is 0.471 e. The van der Waals surface area contributed by atoms with Crippen LogP contribution < -0.4 is 4.74 Å². The first kappa shape index (κ1) is 25.6. The Bertz CT molecular complexity index is 820. The normalized spacial score (nSPS) is 15.8. The second-order valence-electron chi connectivity index (χ2n) is 7.11. The van der Waals surface area contributed by atoms with E-state index in [4.69, 9.17) is 32.7 Å². The molecule has 3 rings (SSSR count). The summed E-state index contributed by atoms with van der Waals surface area (Å²) in [6.07, 6.45) is 7.29. The minimum atomic E-state index is -0.397. The van der Waals surface area contributed by atoms with E-state index in [1.54, 1.807) is 6.08 Å². The van der Waals surface area contributed by atoms with Crippen molar-refractivity contribution >= 4 is 40.2 Å². The van der Waals surface area contributed by atoms with Crippen LogP contribution in [0.3, 0.4) is 0 Å². The fourth-order valence-electron chi connectivity index (χ4n) is 3.33. The van der Waals surface area contributed by atoms with Gasteiger partial charge in [0.15, 0.2) is 6.23 Å². The Morgan fingerprint density at radius 3 is 2.39 bits per heavy atom. The summed E-state index contributed by atoms with van der Waals surface area (Å²) in [5.41, 5.74) is 0.574. The Morgan fingerprint density at radius 1 is 1.06 bits per heavy atom. The van der Waals surface area contributed by atoms with E-state index in [0.29, 0.717) is 18.3 Å². The molecule has 0 aromatic heterocycles. The Morgan fingerprint density at radius 2 is 1.74 bits per heavy atom. The standard InChI is InChI=1S/C24H28Cl2N2O2.BrH/c1-3-8-22(30-21-9-6-5-7-10-21)27-15-16-28(18-27)24(26)23(29-17-4-2)19-11-13-20(25)14-12-19;/h4-7,9-16,22-24H,2-3,8,17-18H2,1H3;1H. The SMILES string of the molecule is Br.C=CCOC(c1ccc(Cl)cc1)C(Cl)N1C=CN(C(CCC)Oc2ccccc2)C1. The van der Waals surface area contributed by atoms with E-state index in [0.717, 1.165) is 24.2 Å². The van der Waals surface area contributed by atoms with Crippen LogP contribution in [0.4, 0.5) is 0 Å². The van der Waals surface area contributed by atoms with Crippen LogP contribution in [0.1, 0.15) is 31.4 Å². The molecule has 1 heterocycles. The summed E-state index contributed by atoms with van der Waals surface area (Å²) >= 11 is 12.9. The lowest BCUT2D eigenvalue weighted by atomic mass is 10.1. The van der Waals surface area contributed by atoms with Gasteiger partial charge in [0.2, 0.25) is 0 Å². The number of para-hydroxylation sites is 1. The van der Waals surface area contributed by atoms with Crippen LogP contribution in [-0.2, 0) is 4.74 Å². The zero-order chi connectivity index (χ0) is 21.3. The van der Waals surface area contributed by atoms with Crippen LogP contribution in [0, 0.1) is 0 Å². The molecule has 2 aromatic rings. The highest BCUT2D eigenvalue weighted by Gasteiger charge is 2.31. The van der Waals surface area contributed by atoms with Gasteiger partial charge in [0, 0.05) is 23.8 Å². The average Bonchev–Trinajstić information content (AvgIpc) is 3.26. The van der Waals surface area contributed by atoms with Crippen molar-refractivity contribution < 1.29 is 9.47 Å². The van der Waals surface area contributed by atoms with Gasteiger partial charge in [-0.1, -0.05) is 73.0 Å². The van der Waals surface area contributed by atoms with Gasteiger partial charge in [-0.25, -0.2) is 0 Å². The van der Waals surface area contributed by atoms with Crippen molar-refractivity contribution in [1.82, 2.24) is 9.80 Å². The Labute approximate surface area is 205 Å². The molecule has 2 aromatic carbocycles. The molecule has 0 radical (unpaired) electrons. The van der Waals surface area contributed by atoms with Gasteiger partial charge in [-0.3, -0.25) is 0 Å². The number of rotatable bonds is 11. The van der Waals surface area contributed by atoms with Gasteiger partial charge in [0.1, 0.15) is 17.4 Å². The molecule has 4 nitrogen and oxygen atoms in total. The van der Waals surface area contributed by atoms with Crippen molar-refractivity contribution in [1.29, 1.82) is 0 Å². The van der Waals surface area contributed by atoms with E-state index in [1.807, 2.05) is 67.0 Å². The highest BCUT2D eigenvalue weighted by molar-refractivity contribution is 8.93. The lowest BCUT2D eigenvalue weighted by Gasteiger charge is -2.34. The molecule has 0 fully saturated rings.